The third kappa shape index (κ3) is 4.91. The molecule has 0 bridgehead atoms. The lowest BCUT2D eigenvalue weighted by molar-refractivity contribution is -0.187. The van der Waals surface area contributed by atoms with Crippen molar-refractivity contribution < 1.29 is 27.8 Å². The molecule has 1 saturated heterocycles. The molecule has 194 valence electrons. The van der Waals surface area contributed by atoms with Gasteiger partial charge in [-0.25, -0.2) is 18.2 Å². The molecule has 2 fully saturated rings. The van der Waals surface area contributed by atoms with Gasteiger partial charge in [0.25, 0.3) is 0 Å². The maximum absolute atomic E-state index is 14.6. The average Bonchev–Trinajstić information content (AvgIpc) is 3.67. The number of ether oxygens (including phenoxy) is 1. The SMILES string of the molecule is Cc1cc(F)c(-c2nc(C(=O)Cc3cnccc3[C@H]3C[C@@H](N)[C@](C)(O)[C@@H](C4CC4)O3)ccc2F)c(F)c1. The number of rotatable bonds is 6. The predicted molar refractivity (Wildman–Crippen MR) is 130 cm³/mol. The highest BCUT2D eigenvalue weighted by atomic mass is 19.1. The molecule has 3 aromatic rings. The summed E-state index contributed by atoms with van der Waals surface area (Å²) in [6.07, 6.45) is 4.41. The monoisotopic (exact) mass is 511 g/mol. The van der Waals surface area contributed by atoms with Crippen LogP contribution in [-0.2, 0) is 11.2 Å². The number of nitrogens with two attached hydrogens (primary N) is 1. The molecule has 0 spiro atoms. The van der Waals surface area contributed by atoms with Gasteiger partial charge in [0.1, 0.15) is 34.4 Å². The van der Waals surface area contributed by atoms with Crippen LogP contribution >= 0.6 is 0 Å². The number of carbonyl (C=O) groups excluding carboxylic acids is 1. The summed E-state index contributed by atoms with van der Waals surface area (Å²) >= 11 is 0. The van der Waals surface area contributed by atoms with Crippen molar-refractivity contribution in [3.63, 3.8) is 0 Å². The van der Waals surface area contributed by atoms with Gasteiger partial charge >= 0.3 is 0 Å². The first-order chi connectivity index (χ1) is 17.6. The van der Waals surface area contributed by atoms with Gasteiger partial charge in [0.05, 0.1) is 17.8 Å². The maximum Gasteiger partial charge on any atom is 0.185 e. The minimum atomic E-state index is -1.16. The molecular weight excluding hydrogens is 483 g/mol. The van der Waals surface area contributed by atoms with Crippen molar-refractivity contribution in [3.8, 4) is 11.3 Å². The lowest BCUT2D eigenvalue weighted by Crippen LogP contribution is -2.60. The smallest absolute Gasteiger partial charge is 0.185 e. The Kier molecular flexibility index (Phi) is 6.64. The Balaban J connectivity index is 1.43. The van der Waals surface area contributed by atoms with E-state index >= 15 is 0 Å². The number of aryl methyl sites for hydroxylation is 1. The number of hydrogen-bond donors (Lipinski definition) is 2. The number of aliphatic hydroxyl groups is 1. The molecule has 3 N–H and O–H groups in total. The van der Waals surface area contributed by atoms with Crippen molar-refractivity contribution in [2.45, 2.75) is 63.4 Å². The second kappa shape index (κ2) is 9.63. The van der Waals surface area contributed by atoms with E-state index in [-0.39, 0.29) is 18.0 Å². The van der Waals surface area contributed by atoms with E-state index in [9.17, 15) is 23.1 Å². The Morgan fingerprint density at radius 3 is 2.54 bits per heavy atom. The summed E-state index contributed by atoms with van der Waals surface area (Å²) in [6.45, 7) is 3.22. The van der Waals surface area contributed by atoms with E-state index in [4.69, 9.17) is 10.5 Å². The van der Waals surface area contributed by atoms with Gasteiger partial charge < -0.3 is 15.6 Å². The second-order valence-electron chi connectivity index (χ2n) is 10.3. The first kappa shape index (κ1) is 25.5. The van der Waals surface area contributed by atoms with Crippen molar-refractivity contribution in [1.82, 2.24) is 9.97 Å². The van der Waals surface area contributed by atoms with Gasteiger partial charge in [0.15, 0.2) is 5.78 Å². The minimum Gasteiger partial charge on any atom is -0.386 e. The number of nitrogens with zero attached hydrogens (tertiary/aromatic N) is 2. The molecule has 6 nitrogen and oxygen atoms in total. The molecule has 3 heterocycles. The normalized spacial score (nSPS) is 25.8. The van der Waals surface area contributed by atoms with Gasteiger partial charge in [0, 0.05) is 24.9 Å². The van der Waals surface area contributed by atoms with E-state index in [2.05, 4.69) is 9.97 Å². The zero-order valence-corrected chi connectivity index (χ0v) is 20.5. The third-order valence-electron chi connectivity index (χ3n) is 7.35. The third-order valence-corrected chi connectivity index (χ3v) is 7.35. The summed E-state index contributed by atoms with van der Waals surface area (Å²) in [5.41, 5.74) is 5.49. The molecule has 37 heavy (non-hydrogen) atoms. The summed E-state index contributed by atoms with van der Waals surface area (Å²) in [5.74, 6) is -3.11. The Labute approximate surface area is 212 Å². The second-order valence-corrected chi connectivity index (χ2v) is 10.3. The largest absolute Gasteiger partial charge is 0.386 e. The topological polar surface area (TPSA) is 98.3 Å². The first-order valence-corrected chi connectivity index (χ1v) is 12.3. The molecule has 4 atom stereocenters. The Hall–Kier alpha value is -3.14. The van der Waals surface area contributed by atoms with Crippen molar-refractivity contribution in [1.29, 1.82) is 0 Å². The molecule has 2 aromatic heterocycles. The van der Waals surface area contributed by atoms with Crippen LogP contribution in [-0.4, -0.2) is 38.6 Å². The number of halogens is 3. The summed E-state index contributed by atoms with van der Waals surface area (Å²) in [4.78, 5) is 21.4. The molecular formula is C28H28F3N3O3. The fourth-order valence-electron chi connectivity index (χ4n) is 5.10. The standard InChI is InChI=1S/C28H28F3N3O3/c1-14-9-19(30)25(20(31)10-14)26-18(29)5-6-21(34-26)22(35)11-16-13-33-8-7-17(16)23-12-24(32)28(2,36)27(37-23)15-3-4-15/h5-10,13,15,23-24,27,36H,3-4,11-12,32H2,1-2H3/t23-,24-,27-,28+/m1/s1. The molecule has 0 unspecified atom stereocenters. The zero-order valence-electron chi connectivity index (χ0n) is 20.5. The molecule has 0 amide bonds. The first-order valence-electron chi connectivity index (χ1n) is 12.3. The van der Waals surface area contributed by atoms with Crippen LogP contribution < -0.4 is 5.73 Å². The van der Waals surface area contributed by atoms with Crippen LogP contribution in [0, 0.1) is 30.3 Å². The van der Waals surface area contributed by atoms with Crippen LogP contribution in [0.3, 0.4) is 0 Å². The minimum absolute atomic E-state index is 0.134. The van der Waals surface area contributed by atoms with Gasteiger partial charge in [-0.2, -0.15) is 0 Å². The lowest BCUT2D eigenvalue weighted by atomic mass is 9.80. The van der Waals surface area contributed by atoms with Crippen LogP contribution in [0.4, 0.5) is 13.2 Å². The van der Waals surface area contributed by atoms with Gasteiger partial charge in [-0.3, -0.25) is 9.78 Å². The van der Waals surface area contributed by atoms with E-state index in [1.165, 1.54) is 13.0 Å². The number of ketones is 1. The number of carbonyl (C=O) groups is 1. The van der Waals surface area contributed by atoms with Crippen molar-refractivity contribution in [3.05, 3.63) is 82.6 Å². The summed E-state index contributed by atoms with van der Waals surface area (Å²) in [7, 11) is 0. The number of hydrogen-bond acceptors (Lipinski definition) is 6. The highest BCUT2D eigenvalue weighted by Crippen LogP contribution is 2.47. The predicted octanol–water partition coefficient (Wildman–Crippen LogP) is 4.61. The molecule has 2 aliphatic rings. The van der Waals surface area contributed by atoms with E-state index in [1.807, 2.05) is 0 Å². The van der Waals surface area contributed by atoms with Crippen LogP contribution in [0.25, 0.3) is 11.3 Å². The average molecular weight is 512 g/mol. The van der Waals surface area contributed by atoms with Gasteiger partial charge in [0.2, 0.25) is 0 Å². The number of pyridine rings is 2. The number of aromatic nitrogens is 2. The molecule has 1 aromatic carbocycles. The number of Topliss-reactive ketones (excluding diaryl/α,β-unsaturated/α-hetero) is 1. The van der Waals surface area contributed by atoms with E-state index in [0.717, 1.165) is 36.6 Å². The highest BCUT2D eigenvalue weighted by molar-refractivity contribution is 5.96. The summed E-state index contributed by atoms with van der Waals surface area (Å²) in [5, 5.41) is 10.9. The zero-order chi connectivity index (χ0) is 26.5. The highest BCUT2D eigenvalue weighted by Gasteiger charge is 2.52. The van der Waals surface area contributed by atoms with Gasteiger partial charge in [-0.05, 0) is 86.1 Å². The Morgan fingerprint density at radius 1 is 1.16 bits per heavy atom. The maximum atomic E-state index is 14.6. The van der Waals surface area contributed by atoms with Crippen LogP contribution in [0.5, 0.6) is 0 Å². The molecule has 1 saturated carbocycles. The van der Waals surface area contributed by atoms with Crippen molar-refractivity contribution in [2.24, 2.45) is 11.7 Å². The van der Waals surface area contributed by atoms with Crippen LogP contribution in [0.2, 0.25) is 0 Å². The van der Waals surface area contributed by atoms with Crippen molar-refractivity contribution in [2.75, 3.05) is 0 Å². The Morgan fingerprint density at radius 2 is 1.86 bits per heavy atom. The molecule has 1 aliphatic heterocycles. The van der Waals surface area contributed by atoms with E-state index < -0.39 is 58.3 Å². The van der Waals surface area contributed by atoms with Crippen molar-refractivity contribution >= 4 is 5.78 Å². The molecule has 0 radical (unpaired) electrons. The molecule has 9 heteroatoms. The van der Waals surface area contributed by atoms with Gasteiger partial charge in [-0.1, -0.05) is 0 Å². The van der Waals surface area contributed by atoms with E-state index in [1.54, 1.807) is 25.4 Å². The summed E-state index contributed by atoms with van der Waals surface area (Å²) < 4.78 is 49.9. The quantitative estimate of drug-likeness (QED) is 0.469. The molecule has 5 rings (SSSR count). The molecule has 1 aliphatic carbocycles. The van der Waals surface area contributed by atoms with Crippen LogP contribution in [0.15, 0.2) is 42.7 Å². The Bertz CT molecular complexity index is 1340. The van der Waals surface area contributed by atoms with Crippen LogP contribution in [0.1, 0.15) is 59.5 Å². The lowest BCUT2D eigenvalue weighted by Gasteiger charge is -2.45. The number of benzene rings is 1. The van der Waals surface area contributed by atoms with E-state index in [0.29, 0.717) is 17.5 Å². The van der Waals surface area contributed by atoms with Gasteiger partial charge in [-0.15, -0.1) is 0 Å². The summed E-state index contributed by atoms with van der Waals surface area (Å²) in [6, 6.07) is 5.56. The fourth-order valence-corrected chi connectivity index (χ4v) is 5.10. The fraction of sp³-hybridized carbons (Fsp3) is 0.393.